The number of hydrogen-bond acceptors (Lipinski definition) is 5. The quantitative estimate of drug-likeness (QED) is 0.838. The molecular weight excluding hydrogens is 304 g/mol. The van der Waals surface area contributed by atoms with Gasteiger partial charge in [0.05, 0.1) is 6.04 Å². The van der Waals surface area contributed by atoms with Crippen LogP contribution in [0, 0.1) is 0 Å². The first kappa shape index (κ1) is 15.2. The van der Waals surface area contributed by atoms with Crippen LogP contribution in [0.15, 0.2) is 24.0 Å². The van der Waals surface area contributed by atoms with E-state index in [4.69, 9.17) is 0 Å². The maximum atomic E-state index is 4.68. The van der Waals surface area contributed by atoms with Crippen molar-refractivity contribution in [2.24, 2.45) is 0 Å². The summed E-state index contributed by atoms with van der Waals surface area (Å²) in [5.74, 6) is 1.65. The van der Waals surface area contributed by atoms with Gasteiger partial charge in [0.1, 0.15) is 10.8 Å². The van der Waals surface area contributed by atoms with Crippen LogP contribution in [0.2, 0.25) is 0 Å². The summed E-state index contributed by atoms with van der Waals surface area (Å²) in [6.45, 7) is 2.09. The van der Waals surface area contributed by atoms with Gasteiger partial charge in [0, 0.05) is 42.0 Å². The molecule has 2 aromatic heterocycles. The highest BCUT2D eigenvalue weighted by Crippen LogP contribution is 2.34. The van der Waals surface area contributed by atoms with Crippen LogP contribution in [0.1, 0.15) is 73.3 Å². The summed E-state index contributed by atoms with van der Waals surface area (Å²) in [5, 5.41) is 3.33. The maximum absolute atomic E-state index is 4.68. The van der Waals surface area contributed by atoms with Crippen LogP contribution in [0.3, 0.4) is 0 Å². The van der Waals surface area contributed by atoms with Gasteiger partial charge in [-0.25, -0.2) is 15.0 Å². The van der Waals surface area contributed by atoms with Gasteiger partial charge >= 0.3 is 0 Å². The lowest BCUT2D eigenvalue weighted by Crippen LogP contribution is -2.23. The number of nitrogens with zero attached hydrogens (tertiary/aromatic N) is 4. The molecule has 3 heterocycles. The molecule has 2 fully saturated rings. The molecule has 1 saturated carbocycles. The Kier molecular flexibility index (Phi) is 4.67. The molecule has 1 aliphatic heterocycles. The van der Waals surface area contributed by atoms with Crippen molar-refractivity contribution in [3.8, 4) is 0 Å². The van der Waals surface area contributed by atoms with Crippen LogP contribution < -0.4 is 0 Å². The van der Waals surface area contributed by atoms with Crippen molar-refractivity contribution in [3.63, 3.8) is 0 Å². The summed E-state index contributed by atoms with van der Waals surface area (Å²) in [5.41, 5.74) is 1.23. The standard InChI is InChI=1S/C18H24N4S/c1-2-5-15(6-3-1)17-20-11-14(12-21-17)13-22-9-4-7-16(22)18-19-8-10-23-18/h8,10-12,15-16H,1-7,9,13H2/t16-/m0/s1. The second-order valence-corrected chi connectivity index (χ2v) is 7.71. The highest BCUT2D eigenvalue weighted by Gasteiger charge is 2.28. The van der Waals surface area contributed by atoms with Crippen LogP contribution in [-0.4, -0.2) is 26.4 Å². The molecule has 0 spiro atoms. The van der Waals surface area contributed by atoms with Crippen molar-refractivity contribution in [1.29, 1.82) is 0 Å². The first-order chi connectivity index (χ1) is 11.4. The topological polar surface area (TPSA) is 41.9 Å². The smallest absolute Gasteiger partial charge is 0.131 e. The fourth-order valence-electron chi connectivity index (χ4n) is 3.95. The van der Waals surface area contributed by atoms with E-state index in [0.29, 0.717) is 12.0 Å². The van der Waals surface area contributed by atoms with E-state index in [2.05, 4.69) is 25.2 Å². The van der Waals surface area contributed by atoms with Crippen LogP contribution >= 0.6 is 11.3 Å². The summed E-state index contributed by atoms with van der Waals surface area (Å²) in [6, 6.07) is 0.480. The summed E-state index contributed by atoms with van der Waals surface area (Å²) in [4.78, 5) is 16.4. The minimum Gasteiger partial charge on any atom is -0.290 e. The Labute approximate surface area is 142 Å². The van der Waals surface area contributed by atoms with Gasteiger partial charge in [0.2, 0.25) is 0 Å². The molecule has 5 heteroatoms. The fraction of sp³-hybridized carbons (Fsp3) is 0.611. The van der Waals surface area contributed by atoms with Gasteiger partial charge in [-0.15, -0.1) is 11.3 Å². The van der Waals surface area contributed by atoms with Gasteiger partial charge in [-0.1, -0.05) is 19.3 Å². The Bertz CT molecular complexity index is 604. The van der Waals surface area contributed by atoms with Gasteiger partial charge in [-0.2, -0.15) is 0 Å². The highest BCUT2D eigenvalue weighted by molar-refractivity contribution is 7.09. The molecule has 4 rings (SSSR count). The zero-order valence-electron chi connectivity index (χ0n) is 13.5. The normalized spacial score (nSPS) is 23.4. The molecule has 0 N–H and O–H groups in total. The Hall–Kier alpha value is -1.33. The Morgan fingerprint density at radius 3 is 2.57 bits per heavy atom. The van der Waals surface area contributed by atoms with Crippen molar-refractivity contribution in [2.75, 3.05) is 6.54 Å². The molecule has 4 nitrogen and oxygen atoms in total. The number of aromatic nitrogens is 3. The molecule has 0 aromatic carbocycles. The minimum atomic E-state index is 0.480. The summed E-state index contributed by atoms with van der Waals surface area (Å²) in [6.07, 6.45) is 15.1. The SMILES string of the molecule is c1csc([C@@H]2CCCN2Cc2cnc(C3CCCCC3)nc2)n1. The predicted molar refractivity (Wildman–Crippen MR) is 92.4 cm³/mol. The summed E-state index contributed by atoms with van der Waals surface area (Å²) >= 11 is 1.77. The molecule has 1 aliphatic carbocycles. The Morgan fingerprint density at radius 1 is 1.00 bits per heavy atom. The Morgan fingerprint density at radius 2 is 1.83 bits per heavy atom. The molecule has 122 valence electrons. The van der Waals surface area contributed by atoms with Crippen molar-refractivity contribution < 1.29 is 0 Å². The molecule has 2 aliphatic rings. The number of hydrogen-bond donors (Lipinski definition) is 0. The van der Waals surface area contributed by atoms with E-state index in [-0.39, 0.29) is 0 Å². The second kappa shape index (κ2) is 7.05. The highest BCUT2D eigenvalue weighted by atomic mass is 32.1. The van der Waals surface area contributed by atoms with Gasteiger partial charge in [-0.3, -0.25) is 4.90 Å². The average Bonchev–Trinajstić information content (AvgIpc) is 3.27. The summed E-state index contributed by atoms with van der Waals surface area (Å²) in [7, 11) is 0. The third-order valence-corrected chi connectivity index (χ3v) is 6.06. The van der Waals surface area contributed by atoms with Gasteiger partial charge in [0.15, 0.2) is 0 Å². The van der Waals surface area contributed by atoms with Crippen molar-refractivity contribution in [3.05, 3.63) is 40.4 Å². The van der Waals surface area contributed by atoms with Crippen LogP contribution in [0.25, 0.3) is 0 Å². The largest absolute Gasteiger partial charge is 0.290 e. The van der Waals surface area contributed by atoms with Crippen molar-refractivity contribution >= 4 is 11.3 Å². The zero-order valence-corrected chi connectivity index (χ0v) is 14.3. The lowest BCUT2D eigenvalue weighted by atomic mass is 9.89. The third-order valence-electron chi connectivity index (χ3n) is 5.18. The molecule has 1 atom stereocenters. The van der Waals surface area contributed by atoms with E-state index >= 15 is 0 Å². The van der Waals surface area contributed by atoms with Gasteiger partial charge < -0.3 is 0 Å². The van der Waals surface area contributed by atoms with Gasteiger partial charge in [-0.05, 0) is 32.2 Å². The van der Waals surface area contributed by atoms with Crippen molar-refractivity contribution in [1.82, 2.24) is 19.9 Å². The molecule has 0 unspecified atom stereocenters. The van der Waals surface area contributed by atoms with Crippen LogP contribution in [0.4, 0.5) is 0 Å². The molecule has 2 aromatic rings. The second-order valence-electron chi connectivity index (χ2n) is 6.78. The van der Waals surface area contributed by atoms with E-state index in [1.165, 1.54) is 55.5 Å². The number of thiazole rings is 1. The fourth-order valence-corrected chi connectivity index (χ4v) is 4.75. The molecule has 0 radical (unpaired) electrons. The monoisotopic (exact) mass is 328 g/mol. The van der Waals surface area contributed by atoms with E-state index in [0.717, 1.165) is 18.9 Å². The molecule has 1 saturated heterocycles. The van der Waals surface area contributed by atoms with Gasteiger partial charge in [0.25, 0.3) is 0 Å². The lowest BCUT2D eigenvalue weighted by Gasteiger charge is -2.23. The maximum Gasteiger partial charge on any atom is 0.131 e. The first-order valence-electron chi connectivity index (χ1n) is 8.84. The van der Waals surface area contributed by atoms with E-state index in [1.807, 2.05) is 18.6 Å². The zero-order chi connectivity index (χ0) is 15.5. The first-order valence-corrected chi connectivity index (χ1v) is 9.72. The van der Waals surface area contributed by atoms with Crippen LogP contribution in [0.5, 0.6) is 0 Å². The summed E-state index contributed by atoms with van der Waals surface area (Å²) < 4.78 is 0. The molecule has 23 heavy (non-hydrogen) atoms. The molecular formula is C18H24N4S. The predicted octanol–water partition coefficient (Wildman–Crippen LogP) is 4.32. The van der Waals surface area contributed by atoms with E-state index in [1.54, 1.807) is 11.3 Å². The minimum absolute atomic E-state index is 0.480. The number of rotatable bonds is 4. The lowest BCUT2D eigenvalue weighted by molar-refractivity contribution is 0.247. The average molecular weight is 328 g/mol. The van der Waals surface area contributed by atoms with E-state index < -0.39 is 0 Å². The molecule has 0 amide bonds. The third kappa shape index (κ3) is 3.45. The van der Waals surface area contributed by atoms with E-state index in [9.17, 15) is 0 Å². The van der Waals surface area contributed by atoms with Crippen molar-refractivity contribution in [2.45, 2.75) is 63.5 Å². The Balaban J connectivity index is 1.42. The van der Waals surface area contributed by atoms with Crippen LogP contribution in [-0.2, 0) is 6.54 Å². The number of likely N-dealkylation sites (tertiary alicyclic amines) is 1. The molecule has 0 bridgehead atoms.